The molecule has 0 saturated carbocycles. The molecule has 1 aliphatic rings. The summed E-state index contributed by atoms with van der Waals surface area (Å²) in [7, 11) is 1.81. The molecule has 1 atom stereocenters. The van der Waals surface area contributed by atoms with E-state index in [0.29, 0.717) is 31.0 Å². The molecule has 0 spiro atoms. The topological polar surface area (TPSA) is 90.6 Å². The minimum Gasteiger partial charge on any atom is -0.454 e. The van der Waals surface area contributed by atoms with Crippen LogP contribution >= 0.6 is 11.3 Å². The predicted octanol–water partition coefficient (Wildman–Crippen LogP) is 3.61. The molecule has 1 aliphatic heterocycles. The van der Waals surface area contributed by atoms with Gasteiger partial charge < -0.3 is 18.8 Å². The fourth-order valence-electron chi connectivity index (χ4n) is 3.41. The quantitative estimate of drug-likeness (QED) is 0.568. The monoisotopic (exact) mass is 428 g/mol. The van der Waals surface area contributed by atoms with Gasteiger partial charge in [-0.2, -0.15) is 0 Å². The van der Waals surface area contributed by atoms with Crippen molar-refractivity contribution in [3.63, 3.8) is 0 Å². The lowest BCUT2D eigenvalue weighted by molar-refractivity contribution is -0.131. The molecule has 1 amide bonds. The van der Waals surface area contributed by atoms with Gasteiger partial charge in [0.2, 0.25) is 24.5 Å². The number of benzene rings is 1. The maximum absolute atomic E-state index is 12.6. The van der Waals surface area contributed by atoms with E-state index in [1.54, 1.807) is 23.3 Å². The summed E-state index contributed by atoms with van der Waals surface area (Å²) in [6.07, 6.45) is 1.20. The van der Waals surface area contributed by atoms with Gasteiger partial charge in [-0.1, -0.05) is 6.07 Å². The Morgan fingerprint density at radius 2 is 1.97 bits per heavy atom. The highest BCUT2D eigenvalue weighted by atomic mass is 32.1. The second kappa shape index (κ2) is 8.43. The number of hydrogen-bond acceptors (Lipinski definition) is 8. The average Bonchev–Trinajstić information content (AvgIpc) is 3.44. The van der Waals surface area contributed by atoms with Crippen LogP contribution in [0, 0.1) is 13.8 Å². The molecule has 8 nitrogen and oxygen atoms in total. The molecule has 0 N–H and O–H groups in total. The molecule has 0 bridgehead atoms. The Morgan fingerprint density at radius 3 is 2.73 bits per heavy atom. The van der Waals surface area contributed by atoms with E-state index in [4.69, 9.17) is 13.9 Å². The van der Waals surface area contributed by atoms with Gasteiger partial charge in [0.25, 0.3) is 0 Å². The van der Waals surface area contributed by atoms with Crippen molar-refractivity contribution >= 4 is 17.2 Å². The van der Waals surface area contributed by atoms with Crippen LogP contribution in [0.15, 0.2) is 22.6 Å². The molecule has 0 saturated heterocycles. The number of aromatic nitrogens is 3. The zero-order chi connectivity index (χ0) is 21.3. The minimum absolute atomic E-state index is 0.0167. The largest absolute Gasteiger partial charge is 0.454 e. The van der Waals surface area contributed by atoms with Crippen molar-refractivity contribution in [2.75, 3.05) is 13.8 Å². The van der Waals surface area contributed by atoms with E-state index >= 15 is 0 Å². The molecular weight excluding hydrogens is 404 g/mol. The van der Waals surface area contributed by atoms with Crippen molar-refractivity contribution < 1.29 is 18.7 Å². The fourth-order valence-corrected chi connectivity index (χ4v) is 4.32. The number of thiazole rings is 1. The van der Waals surface area contributed by atoms with Crippen molar-refractivity contribution in [3.05, 3.63) is 51.1 Å². The predicted molar refractivity (Wildman–Crippen MR) is 111 cm³/mol. The first kappa shape index (κ1) is 20.3. The number of carbonyl (C=O) groups is 1. The Balaban J connectivity index is 1.32. The first-order valence-corrected chi connectivity index (χ1v) is 10.6. The van der Waals surface area contributed by atoms with Crippen LogP contribution in [0.3, 0.4) is 0 Å². The molecule has 3 aromatic rings. The molecule has 2 aromatic heterocycles. The number of hydrogen-bond donors (Lipinski definition) is 0. The third-order valence-electron chi connectivity index (χ3n) is 5.16. The minimum atomic E-state index is -0.0771. The summed E-state index contributed by atoms with van der Waals surface area (Å²) < 4.78 is 16.4. The smallest absolute Gasteiger partial charge is 0.231 e. The summed E-state index contributed by atoms with van der Waals surface area (Å²) >= 11 is 1.65. The molecule has 0 radical (unpaired) electrons. The van der Waals surface area contributed by atoms with Crippen molar-refractivity contribution in [3.8, 4) is 11.5 Å². The van der Waals surface area contributed by atoms with Crippen molar-refractivity contribution in [2.45, 2.75) is 46.1 Å². The Hall–Kier alpha value is -2.94. The van der Waals surface area contributed by atoms with E-state index < -0.39 is 0 Å². The molecule has 1 aromatic carbocycles. The van der Waals surface area contributed by atoms with Crippen molar-refractivity contribution in [1.82, 2.24) is 20.1 Å². The first-order valence-electron chi connectivity index (χ1n) is 9.80. The van der Waals surface area contributed by atoms with Crippen LogP contribution in [-0.2, 0) is 17.6 Å². The van der Waals surface area contributed by atoms with Gasteiger partial charge in [-0.15, -0.1) is 21.5 Å². The van der Waals surface area contributed by atoms with Crippen LogP contribution in [0.1, 0.15) is 52.3 Å². The van der Waals surface area contributed by atoms with Crippen LogP contribution in [0.25, 0.3) is 0 Å². The van der Waals surface area contributed by atoms with E-state index in [1.165, 1.54) is 0 Å². The zero-order valence-corrected chi connectivity index (χ0v) is 18.3. The van der Waals surface area contributed by atoms with Gasteiger partial charge in [0.15, 0.2) is 11.5 Å². The summed E-state index contributed by atoms with van der Waals surface area (Å²) in [4.78, 5) is 20.1. The first-order chi connectivity index (χ1) is 14.4. The van der Waals surface area contributed by atoms with Crippen LogP contribution in [0.4, 0.5) is 0 Å². The normalized spacial score (nSPS) is 13.5. The number of nitrogens with zero attached hydrogens (tertiary/aromatic N) is 4. The molecule has 9 heteroatoms. The Kier molecular flexibility index (Phi) is 5.72. The van der Waals surface area contributed by atoms with Crippen LogP contribution < -0.4 is 9.47 Å². The maximum atomic E-state index is 12.6. The van der Waals surface area contributed by atoms with Crippen molar-refractivity contribution in [2.24, 2.45) is 0 Å². The standard InChI is InChI=1S/C21H24N4O4S/c1-12(21-13(2)30-14(3)22-21)25(4)20(26)8-7-18-23-24-19(29-18)10-15-5-6-16-17(9-15)28-11-27-16/h5-6,9,12H,7-8,10-11H2,1-4H3/t12-/m1/s1. The number of ether oxygens (including phenoxy) is 2. The van der Waals surface area contributed by atoms with Gasteiger partial charge in [-0.25, -0.2) is 4.98 Å². The molecular formula is C21H24N4O4S. The van der Waals surface area contributed by atoms with E-state index in [-0.39, 0.29) is 18.7 Å². The van der Waals surface area contributed by atoms with E-state index in [1.807, 2.05) is 39.0 Å². The van der Waals surface area contributed by atoms with Gasteiger partial charge in [0.1, 0.15) is 0 Å². The van der Waals surface area contributed by atoms with E-state index in [0.717, 1.165) is 32.6 Å². The average molecular weight is 429 g/mol. The van der Waals surface area contributed by atoms with Gasteiger partial charge in [0.05, 0.1) is 23.2 Å². The Morgan fingerprint density at radius 1 is 1.20 bits per heavy atom. The summed E-state index contributed by atoms with van der Waals surface area (Å²) in [5, 5.41) is 9.20. The number of aryl methyl sites for hydroxylation is 3. The van der Waals surface area contributed by atoms with E-state index in [2.05, 4.69) is 15.2 Å². The number of fused-ring (bicyclic) bond motifs is 1. The van der Waals surface area contributed by atoms with Gasteiger partial charge in [-0.05, 0) is 38.5 Å². The fraction of sp³-hybridized carbons (Fsp3) is 0.429. The Labute approximate surface area is 178 Å². The van der Waals surface area contributed by atoms with Gasteiger partial charge >= 0.3 is 0 Å². The van der Waals surface area contributed by atoms with Crippen LogP contribution in [0.2, 0.25) is 0 Å². The van der Waals surface area contributed by atoms with Crippen LogP contribution in [0.5, 0.6) is 11.5 Å². The molecule has 4 rings (SSSR count). The highest BCUT2D eigenvalue weighted by molar-refractivity contribution is 7.11. The molecule has 158 valence electrons. The highest BCUT2D eigenvalue weighted by Crippen LogP contribution is 2.33. The lowest BCUT2D eigenvalue weighted by Crippen LogP contribution is -2.30. The lowest BCUT2D eigenvalue weighted by atomic mass is 10.1. The van der Waals surface area contributed by atoms with Crippen molar-refractivity contribution in [1.29, 1.82) is 0 Å². The third-order valence-corrected chi connectivity index (χ3v) is 6.07. The summed E-state index contributed by atoms with van der Waals surface area (Å²) in [6.45, 7) is 6.25. The number of amides is 1. The van der Waals surface area contributed by atoms with E-state index in [9.17, 15) is 4.79 Å². The van der Waals surface area contributed by atoms with Crippen LogP contribution in [-0.4, -0.2) is 39.8 Å². The zero-order valence-electron chi connectivity index (χ0n) is 17.5. The summed E-state index contributed by atoms with van der Waals surface area (Å²) in [6, 6.07) is 5.65. The Bertz CT molecular complexity index is 1060. The second-order valence-corrected chi connectivity index (χ2v) is 8.72. The molecule has 30 heavy (non-hydrogen) atoms. The summed E-state index contributed by atoms with van der Waals surface area (Å²) in [5.74, 6) is 2.45. The molecule has 0 fully saturated rings. The second-order valence-electron chi connectivity index (χ2n) is 7.31. The molecule has 0 unspecified atom stereocenters. The van der Waals surface area contributed by atoms with Gasteiger partial charge in [0, 0.05) is 24.8 Å². The molecule has 3 heterocycles. The SMILES string of the molecule is Cc1nc([C@@H](C)N(C)C(=O)CCc2nnc(Cc3ccc4c(c3)OCO4)o2)c(C)s1. The maximum Gasteiger partial charge on any atom is 0.231 e. The molecule has 0 aliphatic carbocycles. The summed E-state index contributed by atoms with van der Waals surface area (Å²) in [5.41, 5.74) is 1.95. The number of rotatable bonds is 7. The third kappa shape index (κ3) is 4.30. The number of carbonyl (C=O) groups excluding carboxylic acids is 1. The highest BCUT2D eigenvalue weighted by Gasteiger charge is 2.22. The lowest BCUT2D eigenvalue weighted by Gasteiger charge is -2.24. The van der Waals surface area contributed by atoms with Gasteiger partial charge in [-0.3, -0.25) is 4.79 Å².